The second kappa shape index (κ2) is 9.41. The zero-order valence-corrected chi connectivity index (χ0v) is 19.4. The molecule has 0 aliphatic carbocycles. The molecule has 2 aromatic carbocycles. The Morgan fingerprint density at radius 1 is 1.24 bits per heavy atom. The van der Waals surface area contributed by atoms with Crippen molar-refractivity contribution in [2.45, 2.75) is 24.8 Å². The molecule has 170 valence electrons. The van der Waals surface area contributed by atoms with E-state index in [0.717, 1.165) is 10.6 Å². The maximum atomic E-state index is 11.9. The van der Waals surface area contributed by atoms with Crippen LogP contribution in [-0.4, -0.2) is 36.4 Å². The van der Waals surface area contributed by atoms with Crippen LogP contribution in [0.3, 0.4) is 0 Å². The Bertz CT molecular complexity index is 1210. The first-order chi connectivity index (χ1) is 15.8. The van der Waals surface area contributed by atoms with Crippen LogP contribution in [-0.2, 0) is 4.79 Å². The summed E-state index contributed by atoms with van der Waals surface area (Å²) < 4.78 is 14.4. The van der Waals surface area contributed by atoms with Crippen molar-refractivity contribution in [3.8, 4) is 11.5 Å². The second-order valence-corrected chi connectivity index (χ2v) is 8.68. The highest BCUT2D eigenvalue weighted by Crippen LogP contribution is 2.35. The molecule has 8 nitrogen and oxygen atoms in total. The maximum absolute atomic E-state index is 11.9. The number of aromatic nitrogens is 1. The molecule has 1 aliphatic rings. The van der Waals surface area contributed by atoms with Gasteiger partial charge in [-0.3, -0.25) is 10.2 Å². The number of likely N-dealkylation sites (N-methyl/N-ethyl adjacent to an activating group) is 1. The summed E-state index contributed by atoms with van der Waals surface area (Å²) in [4.78, 5) is 18.7. The summed E-state index contributed by atoms with van der Waals surface area (Å²) in [6, 6.07) is 14.5. The van der Waals surface area contributed by atoms with Gasteiger partial charge in [-0.05, 0) is 74.3 Å². The molecule has 0 atom stereocenters. The van der Waals surface area contributed by atoms with Crippen molar-refractivity contribution in [3.63, 3.8) is 0 Å². The summed E-state index contributed by atoms with van der Waals surface area (Å²) in [7, 11) is 1.73. The van der Waals surface area contributed by atoms with Crippen LogP contribution in [0.5, 0.6) is 11.5 Å². The molecule has 0 spiro atoms. The van der Waals surface area contributed by atoms with E-state index in [-0.39, 0.29) is 24.3 Å². The minimum absolute atomic E-state index is 0.0254. The number of hydrogen-bond donors (Lipinski definition) is 3. The molecule has 0 fully saturated rings. The van der Waals surface area contributed by atoms with Crippen LogP contribution in [0.15, 0.2) is 59.6 Å². The number of rotatable bonds is 7. The van der Waals surface area contributed by atoms with Gasteiger partial charge in [-0.25, -0.2) is 4.98 Å². The number of hydrogen-bond acceptors (Lipinski definition) is 8. The van der Waals surface area contributed by atoms with Crippen LogP contribution >= 0.6 is 11.9 Å². The zero-order chi connectivity index (χ0) is 23.5. The van der Waals surface area contributed by atoms with Crippen LogP contribution in [0.1, 0.15) is 25.0 Å². The fourth-order valence-electron chi connectivity index (χ4n) is 3.32. The predicted molar refractivity (Wildman–Crippen MR) is 132 cm³/mol. The monoisotopic (exact) mass is 463 g/mol. The van der Waals surface area contributed by atoms with Gasteiger partial charge in [0.25, 0.3) is 5.91 Å². The van der Waals surface area contributed by atoms with E-state index in [4.69, 9.17) is 20.6 Å². The van der Waals surface area contributed by atoms with E-state index in [2.05, 4.69) is 9.71 Å². The Hall–Kier alpha value is -3.72. The van der Waals surface area contributed by atoms with Gasteiger partial charge in [0.15, 0.2) is 6.61 Å². The second-order valence-electron chi connectivity index (χ2n) is 7.80. The summed E-state index contributed by atoms with van der Waals surface area (Å²) in [5.74, 6) is 1.85. The summed E-state index contributed by atoms with van der Waals surface area (Å²) in [5, 5.41) is 8.68. The lowest BCUT2D eigenvalue weighted by atomic mass is 10.0. The van der Waals surface area contributed by atoms with Crippen LogP contribution < -0.4 is 24.8 Å². The Kier molecular flexibility index (Phi) is 6.41. The third-order valence-electron chi connectivity index (χ3n) is 5.00. The van der Waals surface area contributed by atoms with Gasteiger partial charge in [-0.15, -0.1) is 0 Å². The quantitative estimate of drug-likeness (QED) is 0.271. The molecule has 0 radical (unpaired) electrons. The number of nitrogens with one attached hydrogen (secondary N) is 2. The molecule has 9 heteroatoms. The van der Waals surface area contributed by atoms with Crippen LogP contribution in [0.25, 0.3) is 0 Å². The Balaban J connectivity index is 1.50. The van der Waals surface area contributed by atoms with Gasteiger partial charge in [0, 0.05) is 35.0 Å². The van der Waals surface area contributed by atoms with Gasteiger partial charge in [0.05, 0.1) is 17.5 Å². The molecule has 0 saturated heterocycles. The molecule has 4 N–H and O–H groups in total. The van der Waals surface area contributed by atoms with Crippen molar-refractivity contribution in [2.24, 2.45) is 0 Å². The zero-order valence-electron chi connectivity index (χ0n) is 18.6. The average molecular weight is 464 g/mol. The van der Waals surface area contributed by atoms with Gasteiger partial charge in [0.1, 0.15) is 17.3 Å². The minimum atomic E-state index is -0.0902. The highest BCUT2D eigenvalue weighted by molar-refractivity contribution is 8.00. The maximum Gasteiger partial charge on any atom is 0.264 e. The summed E-state index contributed by atoms with van der Waals surface area (Å²) >= 11 is 1.36. The van der Waals surface area contributed by atoms with Gasteiger partial charge in [0.2, 0.25) is 0 Å². The molecule has 1 amide bonds. The standard InChI is InChI=1S/C24H25N5O3S/c1-14(2)32-16-4-6-19(25)18(11-16)24(26)15-8-9-27-22(10-15)28-33-17-5-7-21-20(12-17)29(3)23(30)13-31-21/h4-12,14,26H,13,25H2,1-3H3,(H,27,28). The third-order valence-corrected chi connectivity index (χ3v) is 5.81. The number of nitrogen functional groups attached to an aromatic ring is 1. The summed E-state index contributed by atoms with van der Waals surface area (Å²) in [6.45, 7) is 3.95. The van der Waals surface area contributed by atoms with Crippen molar-refractivity contribution in [2.75, 3.05) is 29.0 Å². The van der Waals surface area contributed by atoms with Crippen LogP contribution in [0.2, 0.25) is 0 Å². The van der Waals surface area contributed by atoms with E-state index >= 15 is 0 Å². The number of benzene rings is 2. The Labute approximate surface area is 196 Å². The number of nitrogens with two attached hydrogens (primary N) is 1. The van der Waals surface area contributed by atoms with E-state index in [0.29, 0.717) is 34.1 Å². The van der Waals surface area contributed by atoms with Crippen molar-refractivity contribution in [3.05, 3.63) is 65.9 Å². The summed E-state index contributed by atoms with van der Waals surface area (Å²) in [6.07, 6.45) is 1.67. The van der Waals surface area contributed by atoms with E-state index in [1.807, 2.05) is 32.0 Å². The first-order valence-electron chi connectivity index (χ1n) is 10.4. The smallest absolute Gasteiger partial charge is 0.264 e. The summed E-state index contributed by atoms with van der Waals surface area (Å²) in [5.41, 5.74) is 8.92. The number of amides is 1. The molecule has 0 bridgehead atoms. The lowest BCUT2D eigenvalue weighted by molar-refractivity contribution is -0.120. The third kappa shape index (κ3) is 5.04. The number of fused-ring (bicyclic) bond motifs is 1. The highest BCUT2D eigenvalue weighted by Gasteiger charge is 2.22. The number of carbonyl (C=O) groups is 1. The lowest BCUT2D eigenvalue weighted by Gasteiger charge is -2.26. The molecule has 2 heterocycles. The topological polar surface area (TPSA) is 114 Å². The van der Waals surface area contributed by atoms with E-state index in [1.165, 1.54) is 11.9 Å². The number of anilines is 3. The van der Waals surface area contributed by atoms with Gasteiger partial charge >= 0.3 is 0 Å². The molecular weight excluding hydrogens is 438 g/mol. The first kappa shape index (κ1) is 22.5. The molecule has 0 unspecified atom stereocenters. The first-order valence-corrected chi connectivity index (χ1v) is 11.2. The van der Waals surface area contributed by atoms with Crippen molar-refractivity contribution >= 4 is 40.8 Å². The number of carbonyl (C=O) groups excluding carboxylic acids is 1. The average Bonchev–Trinajstić information content (AvgIpc) is 2.81. The minimum Gasteiger partial charge on any atom is -0.491 e. The fraction of sp³-hybridized carbons (Fsp3) is 0.208. The molecule has 1 aliphatic heterocycles. The number of pyridine rings is 1. The molecule has 4 rings (SSSR count). The largest absolute Gasteiger partial charge is 0.491 e. The Morgan fingerprint density at radius 3 is 2.85 bits per heavy atom. The fourth-order valence-corrected chi connectivity index (χ4v) is 3.96. The molecule has 0 saturated carbocycles. The molecular formula is C24H25N5O3S. The van der Waals surface area contributed by atoms with Gasteiger partial charge in [-0.1, -0.05) is 0 Å². The highest BCUT2D eigenvalue weighted by atomic mass is 32.2. The van der Waals surface area contributed by atoms with Crippen LogP contribution in [0, 0.1) is 5.41 Å². The van der Waals surface area contributed by atoms with Gasteiger partial charge in [-0.2, -0.15) is 0 Å². The molecule has 3 aromatic rings. The predicted octanol–water partition coefficient (Wildman–Crippen LogP) is 4.34. The number of ether oxygens (including phenoxy) is 2. The van der Waals surface area contributed by atoms with Gasteiger partial charge < -0.3 is 24.8 Å². The van der Waals surface area contributed by atoms with Crippen LogP contribution in [0.4, 0.5) is 17.2 Å². The SMILES string of the molecule is CC(C)Oc1ccc(N)c(C(=N)c2ccnc(NSc3ccc4c(c3)N(C)C(=O)CO4)c2)c1. The van der Waals surface area contributed by atoms with Crippen molar-refractivity contribution < 1.29 is 14.3 Å². The van der Waals surface area contributed by atoms with Crippen molar-refractivity contribution in [1.82, 2.24) is 4.98 Å². The number of nitrogens with zero attached hydrogens (tertiary/aromatic N) is 2. The molecule has 1 aromatic heterocycles. The Morgan fingerprint density at radius 2 is 2.06 bits per heavy atom. The van der Waals surface area contributed by atoms with E-state index < -0.39 is 0 Å². The van der Waals surface area contributed by atoms with E-state index in [9.17, 15) is 4.79 Å². The molecule has 33 heavy (non-hydrogen) atoms. The van der Waals surface area contributed by atoms with E-state index in [1.54, 1.807) is 48.5 Å². The normalized spacial score (nSPS) is 12.8. The van der Waals surface area contributed by atoms with Crippen molar-refractivity contribution in [1.29, 1.82) is 5.41 Å². The lowest BCUT2D eigenvalue weighted by Crippen LogP contribution is -2.35.